The smallest absolute Gasteiger partial charge is 0.313 e. The van der Waals surface area contributed by atoms with Crippen LogP contribution in [0.1, 0.15) is 58.9 Å². The molecule has 0 amide bonds. The van der Waals surface area contributed by atoms with Gasteiger partial charge in [0.25, 0.3) is 0 Å². The molecule has 0 aliphatic heterocycles. The van der Waals surface area contributed by atoms with E-state index >= 15 is 0 Å². The highest BCUT2D eigenvalue weighted by Crippen LogP contribution is 2.32. The van der Waals surface area contributed by atoms with Gasteiger partial charge in [0.05, 0.1) is 12.5 Å². The van der Waals surface area contributed by atoms with Gasteiger partial charge in [-0.05, 0) is 39.7 Å². The maximum atomic E-state index is 12.1. The molecule has 0 bridgehead atoms. The number of carbonyl (C=O) groups is 1. The Kier molecular flexibility index (Phi) is 6.05. The van der Waals surface area contributed by atoms with Gasteiger partial charge in [-0.1, -0.05) is 32.0 Å². The molecule has 1 unspecified atom stereocenters. The Morgan fingerprint density at radius 3 is 2.40 bits per heavy atom. The van der Waals surface area contributed by atoms with Gasteiger partial charge in [-0.2, -0.15) is 0 Å². The monoisotopic (exact) mass is 278 g/mol. The van der Waals surface area contributed by atoms with Gasteiger partial charge in [0.1, 0.15) is 11.4 Å². The van der Waals surface area contributed by atoms with E-state index in [-0.39, 0.29) is 17.5 Å². The molecule has 0 N–H and O–H groups in total. The molecule has 0 aliphatic rings. The minimum absolute atomic E-state index is 0.180. The fourth-order valence-electron chi connectivity index (χ4n) is 1.99. The molecule has 3 heteroatoms. The number of para-hydroxylation sites is 1. The molecule has 0 aliphatic carbocycles. The van der Waals surface area contributed by atoms with Gasteiger partial charge < -0.3 is 9.47 Å². The van der Waals surface area contributed by atoms with Gasteiger partial charge in [-0.3, -0.25) is 4.79 Å². The summed E-state index contributed by atoms with van der Waals surface area (Å²) in [6.45, 7) is 10.4. The number of benzene rings is 1. The van der Waals surface area contributed by atoms with Crippen molar-refractivity contribution >= 4 is 5.97 Å². The molecule has 3 nitrogen and oxygen atoms in total. The highest BCUT2D eigenvalue weighted by molar-refractivity contribution is 5.79. The van der Waals surface area contributed by atoms with Crippen LogP contribution in [0.4, 0.5) is 0 Å². The summed E-state index contributed by atoms with van der Waals surface area (Å²) >= 11 is 0. The van der Waals surface area contributed by atoms with Gasteiger partial charge in [-0.15, -0.1) is 0 Å². The second-order valence-electron chi connectivity index (χ2n) is 5.47. The molecule has 0 aromatic heterocycles. The van der Waals surface area contributed by atoms with Crippen LogP contribution in [0.2, 0.25) is 0 Å². The van der Waals surface area contributed by atoms with Crippen LogP contribution in [0.3, 0.4) is 0 Å². The summed E-state index contributed by atoms with van der Waals surface area (Å²) < 4.78 is 11.3. The van der Waals surface area contributed by atoms with Crippen molar-refractivity contribution in [3.63, 3.8) is 0 Å². The summed E-state index contributed by atoms with van der Waals surface area (Å²) in [6.07, 6.45) is 1.60. The molecular formula is C17H26O3. The molecular weight excluding hydrogens is 252 g/mol. The van der Waals surface area contributed by atoms with E-state index in [0.29, 0.717) is 13.0 Å². The molecule has 112 valence electrons. The van der Waals surface area contributed by atoms with Gasteiger partial charge in [0.15, 0.2) is 0 Å². The lowest BCUT2D eigenvalue weighted by Gasteiger charge is -2.27. The van der Waals surface area contributed by atoms with Gasteiger partial charge in [0.2, 0.25) is 0 Å². The number of hydrogen-bond donors (Lipinski definition) is 0. The SMILES string of the molecule is CCOC(=O)C(CC)c1ccccc1OC(C)(C)CC. The first-order valence-electron chi connectivity index (χ1n) is 7.39. The first-order valence-corrected chi connectivity index (χ1v) is 7.39. The van der Waals surface area contributed by atoms with Crippen molar-refractivity contribution in [1.82, 2.24) is 0 Å². The summed E-state index contributed by atoms with van der Waals surface area (Å²) in [6, 6.07) is 7.74. The first-order chi connectivity index (χ1) is 9.45. The zero-order valence-corrected chi connectivity index (χ0v) is 13.2. The highest BCUT2D eigenvalue weighted by atomic mass is 16.5. The maximum absolute atomic E-state index is 12.1. The van der Waals surface area contributed by atoms with E-state index in [1.165, 1.54) is 0 Å². The summed E-state index contributed by atoms with van der Waals surface area (Å²) in [7, 11) is 0. The van der Waals surface area contributed by atoms with Crippen molar-refractivity contribution in [2.75, 3.05) is 6.61 Å². The van der Waals surface area contributed by atoms with Crippen LogP contribution in [-0.4, -0.2) is 18.2 Å². The van der Waals surface area contributed by atoms with Crippen molar-refractivity contribution < 1.29 is 14.3 Å². The normalized spacial score (nSPS) is 12.8. The van der Waals surface area contributed by atoms with Crippen LogP contribution in [0.15, 0.2) is 24.3 Å². The van der Waals surface area contributed by atoms with Gasteiger partial charge in [-0.25, -0.2) is 0 Å². The quantitative estimate of drug-likeness (QED) is 0.697. The fourth-order valence-corrected chi connectivity index (χ4v) is 1.99. The molecule has 1 aromatic rings. The Morgan fingerprint density at radius 1 is 1.20 bits per heavy atom. The van der Waals surface area contributed by atoms with E-state index in [2.05, 4.69) is 20.8 Å². The Hall–Kier alpha value is -1.51. The zero-order chi connectivity index (χ0) is 15.2. The number of hydrogen-bond acceptors (Lipinski definition) is 3. The zero-order valence-electron chi connectivity index (χ0n) is 13.2. The lowest BCUT2D eigenvalue weighted by Crippen LogP contribution is -2.28. The molecule has 0 fully saturated rings. The molecule has 1 atom stereocenters. The third-order valence-corrected chi connectivity index (χ3v) is 3.51. The van der Waals surface area contributed by atoms with Crippen molar-refractivity contribution in [1.29, 1.82) is 0 Å². The third kappa shape index (κ3) is 4.26. The summed E-state index contributed by atoms with van der Waals surface area (Å²) in [4.78, 5) is 12.1. The van der Waals surface area contributed by atoms with Crippen LogP contribution in [0.5, 0.6) is 5.75 Å². The van der Waals surface area contributed by atoms with E-state index < -0.39 is 0 Å². The summed E-state index contributed by atoms with van der Waals surface area (Å²) in [5.74, 6) is 0.332. The van der Waals surface area contributed by atoms with Crippen LogP contribution >= 0.6 is 0 Å². The maximum Gasteiger partial charge on any atom is 0.313 e. The molecule has 0 radical (unpaired) electrons. The Bertz CT molecular complexity index is 438. The van der Waals surface area contributed by atoms with Crippen LogP contribution < -0.4 is 4.74 Å². The largest absolute Gasteiger partial charge is 0.488 e. The average Bonchev–Trinajstić information content (AvgIpc) is 2.41. The molecule has 0 spiro atoms. The van der Waals surface area contributed by atoms with E-state index in [9.17, 15) is 4.79 Å². The molecule has 0 heterocycles. The van der Waals surface area contributed by atoms with E-state index in [1.807, 2.05) is 38.1 Å². The van der Waals surface area contributed by atoms with Gasteiger partial charge >= 0.3 is 5.97 Å². The Morgan fingerprint density at radius 2 is 1.85 bits per heavy atom. The first kappa shape index (κ1) is 16.5. The van der Waals surface area contributed by atoms with E-state index in [1.54, 1.807) is 0 Å². The predicted octanol–water partition coefficient (Wildman–Crippen LogP) is 4.31. The Balaban J connectivity index is 3.07. The molecule has 1 aromatic carbocycles. The lowest BCUT2D eigenvalue weighted by atomic mass is 9.95. The standard InChI is InChI=1S/C17H26O3/c1-6-13(16(18)19-8-3)14-11-9-10-12-15(14)20-17(4,5)7-2/h9-13H,6-8H2,1-5H3. The third-order valence-electron chi connectivity index (χ3n) is 3.51. The molecule has 20 heavy (non-hydrogen) atoms. The molecule has 0 saturated carbocycles. The van der Waals surface area contributed by atoms with Crippen molar-refractivity contribution in [3.8, 4) is 5.75 Å². The van der Waals surface area contributed by atoms with Gasteiger partial charge in [0, 0.05) is 5.56 Å². The van der Waals surface area contributed by atoms with Crippen LogP contribution in [-0.2, 0) is 9.53 Å². The number of carbonyl (C=O) groups excluding carboxylic acids is 1. The topological polar surface area (TPSA) is 35.5 Å². The number of rotatable bonds is 7. The fraction of sp³-hybridized carbons (Fsp3) is 0.588. The summed E-state index contributed by atoms with van der Waals surface area (Å²) in [5.41, 5.74) is 0.665. The predicted molar refractivity (Wildman–Crippen MR) is 81.1 cm³/mol. The lowest BCUT2D eigenvalue weighted by molar-refractivity contribution is -0.145. The van der Waals surface area contributed by atoms with Crippen molar-refractivity contribution in [3.05, 3.63) is 29.8 Å². The Labute approximate surface area is 122 Å². The van der Waals surface area contributed by atoms with Crippen molar-refractivity contribution in [2.24, 2.45) is 0 Å². The summed E-state index contributed by atoms with van der Waals surface area (Å²) in [5, 5.41) is 0. The van der Waals surface area contributed by atoms with E-state index in [4.69, 9.17) is 9.47 Å². The molecule has 0 saturated heterocycles. The highest BCUT2D eigenvalue weighted by Gasteiger charge is 2.26. The number of ether oxygens (including phenoxy) is 2. The van der Waals surface area contributed by atoms with Crippen molar-refractivity contribution in [2.45, 2.75) is 59.0 Å². The average molecular weight is 278 g/mol. The van der Waals surface area contributed by atoms with Crippen LogP contribution in [0.25, 0.3) is 0 Å². The molecule has 1 rings (SSSR count). The van der Waals surface area contributed by atoms with E-state index in [0.717, 1.165) is 17.7 Å². The second-order valence-corrected chi connectivity index (χ2v) is 5.47. The number of esters is 1. The van der Waals surface area contributed by atoms with Crippen LogP contribution in [0, 0.1) is 0 Å². The minimum atomic E-state index is -0.265. The minimum Gasteiger partial charge on any atom is -0.488 e. The second kappa shape index (κ2) is 7.32.